The average Bonchev–Trinajstić information content (AvgIpc) is 3.66. The number of halogens is 3. The second-order valence-electron chi connectivity index (χ2n) is 19.9. The maximum Gasteiger partial charge on any atom is 0.416 e. The van der Waals surface area contributed by atoms with E-state index in [-0.39, 0.29) is 27.3 Å². The third-order valence-corrected chi connectivity index (χ3v) is 17.7. The van der Waals surface area contributed by atoms with Crippen LogP contribution >= 0.6 is 0 Å². The fourth-order valence-corrected chi connectivity index (χ4v) is 12.5. The maximum atomic E-state index is 12.9. The molecule has 6 N–H and O–H groups in total. The zero-order chi connectivity index (χ0) is 64.5. The van der Waals surface area contributed by atoms with Crippen LogP contribution in [0.2, 0.25) is 0 Å². The molecule has 0 amide bonds. The van der Waals surface area contributed by atoms with Crippen LogP contribution in [-0.4, -0.2) is 63.4 Å². The molecule has 0 bridgehead atoms. The van der Waals surface area contributed by atoms with Crippen molar-refractivity contribution in [1.82, 2.24) is 0 Å². The first kappa shape index (κ1) is 66.4. The smallest absolute Gasteiger partial charge is 0.416 e. The van der Waals surface area contributed by atoms with Gasteiger partial charge >= 0.3 is 24.1 Å². The van der Waals surface area contributed by atoms with Gasteiger partial charge in [0.25, 0.3) is 35.8 Å². The lowest BCUT2D eigenvalue weighted by Gasteiger charge is -2.14. The van der Waals surface area contributed by atoms with E-state index in [1.807, 2.05) is 25.1 Å². The number of anilines is 3. The van der Waals surface area contributed by atoms with Crippen molar-refractivity contribution in [3.05, 3.63) is 290 Å². The number of alkyl halides is 3. The molecule has 0 saturated heterocycles. The number of carboxylic acids is 3. The first-order valence-electron chi connectivity index (χ1n) is 27.0. The highest BCUT2D eigenvalue weighted by Gasteiger charge is 2.32. The monoisotopic (exact) mass is 1270 g/mol. The molecule has 0 saturated carbocycles. The zero-order valence-corrected chi connectivity index (χ0v) is 49.6. The van der Waals surface area contributed by atoms with E-state index in [1.54, 1.807) is 127 Å². The number of carboxylic acid groups (broad SMARTS) is 3. The van der Waals surface area contributed by atoms with Gasteiger partial charge in [-0.1, -0.05) is 127 Å². The number of nitro benzene ring substituents is 1. The Labute approximate surface area is 511 Å². The van der Waals surface area contributed by atoms with Crippen molar-refractivity contribution in [3.8, 4) is 0 Å². The lowest BCUT2D eigenvalue weighted by molar-refractivity contribution is -0.387. The topological polar surface area (TPSA) is 294 Å². The summed E-state index contributed by atoms with van der Waals surface area (Å²) >= 11 is 0. The number of aromatic carboxylic acids is 3. The highest BCUT2D eigenvalue weighted by Crippen LogP contribution is 2.32. The molecule has 460 valence electrons. The molecule has 89 heavy (non-hydrogen) atoms. The van der Waals surface area contributed by atoms with Gasteiger partial charge < -0.3 is 15.3 Å². The van der Waals surface area contributed by atoms with Crippen molar-refractivity contribution in [2.75, 3.05) is 14.2 Å². The Morgan fingerprint density at radius 1 is 0.427 bits per heavy atom. The molecule has 0 aromatic heterocycles. The largest absolute Gasteiger partial charge is 0.478 e. The van der Waals surface area contributed by atoms with Crippen molar-refractivity contribution in [2.24, 2.45) is 0 Å². The Balaban J connectivity index is 0.000000190. The predicted octanol–water partition coefficient (Wildman–Crippen LogP) is 13.1. The average molecular weight is 1270 g/mol. The Morgan fingerprint density at radius 2 is 0.787 bits per heavy atom. The second kappa shape index (κ2) is 29.5. The summed E-state index contributed by atoms with van der Waals surface area (Å²) in [5.74, 6) is -3.03. The molecule has 0 fully saturated rings. The van der Waals surface area contributed by atoms with Gasteiger partial charge in [0.1, 0.15) is 0 Å². The van der Waals surface area contributed by atoms with Crippen molar-refractivity contribution in [3.63, 3.8) is 0 Å². The Morgan fingerprint density at radius 3 is 1.18 bits per heavy atom. The van der Waals surface area contributed by atoms with E-state index in [2.05, 4.69) is 14.2 Å². The summed E-state index contributed by atoms with van der Waals surface area (Å²) in [7, 11) is -12.1. The third kappa shape index (κ3) is 18.9. The number of rotatable bonds is 22. The van der Waals surface area contributed by atoms with Gasteiger partial charge in [-0.2, -0.15) is 13.2 Å². The van der Waals surface area contributed by atoms with Crippen molar-refractivity contribution < 1.29 is 73.1 Å². The minimum absolute atomic E-state index is 0.149. The molecule has 24 heteroatoms. The van der Waals surface area contributed by atoms with E-state index in [9.17, 15) is 62.9 Å². The number of nitrogens with one attached hydrogen (secondary N) is 3. The number of carbonyl (C=O) groups is 3. The van der Waals surface area contributed by atoms with Gasteiger partial charge in [-0.05, 0) is 170 Å². The summed E-state index contributed by atoms with van der Waals surface area (Å²) < 4.78 is 123. The number of nitro groups is 1. The third-order valence-electron chi connectivity index (χ3n) is 13.5. The van der Waals surface area contributed by atoms with E-state index in [0.717, 1.165) is 52.1 Å². The van der Waals surface area contributed by atoms with Crippen molar-refractivity contribution in [2.45, 2.75) is 66.3 Å². The lowest BCUT2D eigenvalue weighted by Crippen LogP contribution is -2.16. The van der Waals surface area contributed by atoms with Gasteiger partial charge in [-0.25, -0.2) is 39.6 Å². The molecule has 9 aromatic carbocycles. The highest BCUT2D eigenvalue weighted by atomic mass is 32.2. The van der Waals surface area contributed by atoms with Gasteiger partial charge in [-0.3, -0.25) is 24.3 Å². The minimum Gasteiger partial charge on any atom is -0.478 e. The van der Waals surface area contributed by atoms with Gasteiger partial charge in [-0.15, -0.1) is 0 Å². The molecule has 0 heterocycles. The number of hydrogen-bond acceptors (Lipinski definition) is 11. The van der Waals surface area contributed by atoms with Crippen LogP contribution in [0, 0.1) is 17.0 Å². The first-order valence-corrected chi connectivity index (χ1v) is 31.4. The molecule has 9 rings (SSSR count). The van der Waals surface area contributed by atoms with Crippen molar-refractivity contribution in [1.29, 1.82) is 0 Å². The normalized spacial score (nSPS) is 11.4. The molecule has 0 unspecified atom stereocenters. The van der Waals surface area contributed by atoms with Crippen LogP contribution in [0.4, 0.5) is 35.9 Å². The van der Waals surface area contributed by atoms with Crippen LogP contribution in [0.25, 0.3) is 0 Å². The van der Waals surface area contributed by atoms with Crippen LogP contribution in [0.5, 0.6) is 0 Å². The first-order chi connectivity index (χ1) is 42.2. The fourth-order valence-electron chi connectivity index (χ4n) is 8.93. The van der Waals surface area contributed by atoms with Gasteiger partial charge in [0.05, 0.1) is 54.0 Å². The minimum atomic E-state index is -4.66. The maximum absolute atomic E-state index is 12.9. The van der Waals surface area contributed by atoms with E-state index in [1.165, 1.54) is 42.5 Å². The van der Waals surface area contributed by atoms with Crippen LogP contribution in [-0.2, 0) is 74.8 Å². The number of sulfonamides is 3. The van der Waals surface area contributed by atoms with Gasteiger partial charge in [0.2, 0.25) is 0 Å². The SMILES string of the molecule is Cc1ccc(S(=O)(=O)Nc2ccccc2CCc2cccc(C(=O)O)c2)cc1.O=C(O)c1cccc(CCc2ccccc2NS(=O)(=O)c2cccc(C(F)(F)F)c2)c1.O=C(O)c1cccc(CCc2ccccc2NS(=O)(=O)c2ccccc2[N+](=O)[O-])c1. The second-order valence-corrected chi connectivity index (χ2v) is 24.9. The Kier molecular flexibility index (Phi) is 22.0. The predicted molar refractivity (Wildman–Crippen MR) is 330 cm³/mol. The summed E-state index contributed by atoms with van der Waals surface area (Å²) in [5.41, 5.74) is 5.67. The van der Waals surface area contributed by atoms with E-state index >= 15 is 0 Å². The number of nitrogens with zero attached hydrogens (tertiary/aromatic N) is 1. The number of hydrogen-bond donors (Lipinski definition) is 6. The fraction of sp³-hybridized carbons (Fsp3) is 0.123. The van der Waals surface area contributed by atoms with Crippen LogP contribution in [0.1, 0.15) is 75.6 Å². The molecule has 0 atom stereocenters. The summed E-state index contributed by atoms with van der Waals surface area (Å²) in [6.07, 6.45) is -1.70. The summed E-state index contributed by atoms with van der Waals surface area (Å²) in [4.78, 5) is 43.1. The summed E-state index contributed by atoms with van der Waals surface area (Å²) in [5, 5.41) is 38.5. The molecular formula is C65H57F3N4O14S3. The van der Waals surface area contributed by atoms with E-state index < -0.39 is 80.1 Å². The lowest BCUT2D eigenvalue weighted by atomic mass is 10.0. The molecular weight excluding hydrogens is 1210 g/mol. The number of benzene rings is 9. The van der Waals surface area contributed by atoms with Crippen LogP contribution < -0.4 is 14.2 Å². The molecule has 0 aliphatic heterocycles. The Hall–Kier alpha value is -10.2. The van der Waals surface area contributed by atoms with Crippen LogP contribution in [0.15, 0.2) is 233 Å². The molecule has 0 aliphatic carbocycles. The molecule has 18 nitrogen and oxygen atoms in total. The summed E-state index contributed by atoms with van der Waals surface area (Å²) in [6, 6.07) is 55.6. The van der Waals surface area contributed by atoms with Crippen LogP contribution in [0.3, 0.4) is 0 Å². The zero-order valence-electron chi connectivity index (χ0n) is 47.2. The van der Waals surface area contributed by atoms with E-state index in [4.69, 9.17) is 15.3 Å². The standard InChI is InChI=1S/C22H18F3NO4S.C22H21NO4S.C21H18N2O6S/c23-22(24,25)18-8-4-9-19(14-18)31(29,30)26-20-10-2-1-6-16(20)12-11-15-5-3-7-17(13-15)21(27)28;1-16-9-13-20(14-10-16)28(26,27)23-21-8-3-2-6-18(21)12-11-17-5-4-7-19(15-17)22(24)25;24-21(25)17-8-5-6-15(14-17)12-13-16-7-1-2-9-18(16)22-30(28,29)20-11-4-3-10-19(20)23(26)27/h1-10,13-14,26H,11-12H2,(H,27,28);2-10,13-15,23H,11-12H2,1H3,(H,24,25);1-11,14,22H,12-13H2,(H,24,25). The number of aryl methyl sites for hydroxylation is 7. The Bertz CT molecular complexity index is 4400. The van der Waals surface area contributed by atoms with E-state index in [0.29, 0.717) is 67.1 Å². The highest BCUT2D eigenvalue weighted by molar-refractivity contribution is 7.93. The molecule has 9 aromatic rings. The van der Waals surface area contributed by atoms with Crippen molar-refractivity contribution >= 4 is 70.7 Å². The summed E-state index contributed by atoms with van der Waals surface area (Å²) in [6.45, 7) is 1.90. The molecule has 0 radical (unpaired) electrons. The molecule has 0 aliphatic rings. The number of para-hydroxylation sites is 4. The van der Waals surface area contributed by atoms with Gasteiger partial charge in [0.15, 0.2) is 4.90 Å². The van der Waals surface area contributed by atoms with Gasteiger partial charge in [0, 0.05) is 6.07 Å². The molecule has 0 spiro atoms. The quantitative estimate of drug-likeness (QED) is 0.0272.